The van der Waals surface area contributed by atoms with Gasteiger partial charge in [-0.1, -0.05) is 12.1 Å². The van der Waals surface area contributed by atoms with Gasteiger partial charge in [0, 0.05) is 40.9 Å². The van der Waals surface area contributed by atoms with Gasteiger partial charge >= 0.3 is 5.63 Å². The predicted octanol–water partition coefficient (Wildman–Crippen LogP) is 4.23. The van der Waals surface area contributed by atoms with Crippen LogP contribution in [-0.4, -0.2) is 29.8 Å². The SMILES string of the molecule is Cc1c(CC(=O)N2CCC(C(N)=O)CC2)c(=O)oc2c(C)c3occ(-c4ccc(F)cc4)c3cc12. The number of aryl methyl sites for hydroxylation is 2. The Hall–Kier alpha value is -3.94. The standard InChI is InChI=1S/C27H25FN2O5/c1-14-19-11-21-22(16-3-5-18(28)6-4-16)13-34-24(21)15(2)25(19)35-27(33)20(14)12-23(31)30-9-7-17(8-10-30)26(29)32/h3-6,11,13,17H,7-10,12H2,1-2H3,(H2,29,32). The molecule has 2 amide bonds. The number of nitrogens with zero attached hydrogens (tertiary/aromatic N) is 1. The molecular formula is C27H25FN2O5. The molecule has 0 spiro atoms. The van der Waals surface area contributed by atoms with Gasteiger partial charge in [-0.25, -0.2) is 9.18 Å². The fraction of sp³-hybridized carbons (Fsp3) is 0.296. The highest BCUT2D eigenvalue weighted by atomic mass is 19.1. The van der Waals surface area contributed by atoms with Crippen LogP contribution in [-0.2, 0) is 16.0 Å². The fourth-order valence-corrected chi connectivity index (χ4v) is 4.93. The molecule has 7 nitrogen and oxygen atoms in total. The van der Waals surface area contributed by atoms with E-state index >= 15 is 0 Å². The molecule has 1 saturated heterocycles. The maximum Gasteiger partial charge on any atom is 0.340 e. The van der Waals surface area contributed by atoms with E-state index in [-0.39, 0.29) is 30.0 Å². The summed E-state index contributed by atoms with van der Waals surface area (Å²) in [6.07, 6.45) is 2.57. The third kappa shape index (κ3) is 3.99. The molecule has 0 radical (unpaired) electrons. The van der Waals surface area contributed by atoms with Gasteiger partial charge in [0.2, 0.25) is 11.8 Å². The van der Waals surface area contributed by atoms with Crippen LogP contribution in [0.5, 0.6) is 0 Å². The summed E-state index contributed by atoms with van der Waals surface area (Å²) in [5.74, 6) is -1.07. The lowest BCUT2D eigenvalue weighted by atomic mass is 9.95. The molecule has 2 aromatic carbocycles. The average molecular weight is 477 g/mol. The van der Waals surface area contributed by atoms with Crippen molar-refractivity contribution in [2.75, 3.05) is 13.1 Å². The van der Waals surface area contributed by atoms with Gasteiger partial charge < -0.3 is 19.5 Å². The zero-order valence-electron chi connectivity index (χ0n) is 19.5. The number of fused-ring (bicyclic) bond motifs is 2. The van der Waals surface area contributed by atoms with Gasteiger partial charge in [-0.05, 0) is 56.0 Å². The molecule has 2 aromatic heterocycles. The molecule has 4 aromatic rings. The minimum atomic E-state index is -0.553. The third-order valence-electron chi connectivity index (χ3n) is 7.08. The zero-order valence-corrected chi connectivity index (χ0v) is 19.5. The largest absolute Gasteiger partial charge is 0.463 e. The summed E-state index contributed by atoms with van der Waals surface area (Å²) < 4.78 is 24.9. The van der Waals surface area contributed by atoms with E-state index in [9.17, 15) is 18.8 Å². The molecule has 1 aliphatic heterocycles. The average Bonchev–Trinajstić information content (AvgIpc) is 3.27. The number of furan rings is 1. The van der Waals surface area contributed by atoms with Gasteiger partial charge in [-0.3, -0.25) is 9.59 Å². The lowest BCUT2D eigenvalue weighted by Gasteiger charge is -2.30. The van der Waals surface area contributed by atoms with Crippen molar-refractivity contribution in [1.82, 2.24) is 4.90 Å². The Morgan fingerprint density at radius 1 is 1.06 bits per heavy atom. The molecule has 35 heavy (non-hydrogen) atoms. The van der Waals surface area contributed by atoms with Crippen LogP contribution >= 0.6 is 0 Å². The van der Waals surface area contributed by atoms with E-state index < -0.39 is 5.63 Å². The highest BCUT2D eigenvalue weighted by Gasteiger charge is 2.27. The summed E-state index contributed by atoms with van der Waals surface area (Å²) in [6.45, 7) is 4.49. The predicted molar refractivity (Wildman–Crippen MR) is 129 cm³/mol. The molecule has 180 valence electrons. The normalized spacial score (nSPS) is 14.7. The first-order valence-corrected chi connectivity index (χ1v) is 11.5. The Morgan fingerprint density at radius 3 is 2.40 bits per heavy atom. The van der Waals surface area contributed by atoms with Crippen LogP contribution in [0.2, 0.25) is 0 Å². The Balaban J connectivity index is 1.53. The number of halogens is 1. The zero-order chi connectivity index (χ0) is 24.9. The van der Waals surface area contributed by atoms with Crippen LogP contribution in [0.4, 0.5) is 4.39 Å². The topological polar surface area (TPSA) is 107 Å². The van der Waals surface area contributed by atoms with E-state index in [1.807, 2.05) is 19.9 Å². The summed E-state index contributed by atoms with van der Waals surface area (Å²) in [5.41, 5.74) is 9.09. The second-order valence-electron chi connectivity index (χ2n) is 9.14. The molecular weight excluding hydrogens is 451 g/mol. The highest BCUT2D eigenvalue weighted by Crippen LogP contribution is 2.37. The van der Waals surface area contributed by atoms with E-state index in [1.54, 1.807) is 23.3 Å². The number of rotatable bonds is 4. The van der Waals surface area contributed by atoms with Crippen molar-refractivity contribution in [2.24, 2.45) is 11.7 Å². The second-order valence-corrected chi connectivity index (χ2v) is 9.14. The van der Waals surface area contributed by atoms with Crippen molar-refractivity contribution in [3.05, 3.63) is 69.5 Å². The molecule has 0 atom stereocenters. The van der Waals surface area contributed by atoms with E-state index in [0.29, 0.717) is 53.8 Å². The van der Waals surface area contributed by atoms with Gasteiger partial charge in [0.1, 0.15) is 17.0 Å². The van der Waals surface area contributed by atoms with E-state index in [4.69, 9.17) is 14.6 Å². The van der Waals surface area contributed by atoms with E-state index in [2.05, 4.69) is 0 Å². The Kier molecular flexibility index (Phi) is 5.67. The van der Waals surface area contributed by atoms with Crippen molar-refractivity contribution in [2.45, 2.75) is 33.1 Å². The second kappa shape index (κ2) is 8.69. The van der Waals surface area contributed by atoms with Crippen molar-refractivity contribution in [1.29, 1.82) is 0 Å². The quantitative estimate of drug-likeness (QED) is 0.444. The van der Waals surface area contributed by atoms with Crippen molar-refractivity contribution in [3.8, 4) is 11.1 Å². The van der Waals surface area contributed by atoms with Crippen LogP contribution in [0, 0.1) is 25.6 Å². The number of primary amides is 1. The van der Waals surface area contributed by atoms with Crippen LogP contribution in [0.15, 0.2) is 50.2 Å². The highest BCUT2D eigenvalue weighted by molar-refractivity contribution is 6.05. The van der Waals surface area contributed by atoms with Crippen LogP contribution < -0.4 is 11.4 Å². The summed E-state index contributed by atoms with van der Waals surface area (Å²) in [6, 6.07) is 8.04. The van der Waals surface area contributed by atoms with E-state index in [1.165, 1.54) is 12.1 Å². The number of nitrogens with two attached hydrogens (primary N) is 1. The van der Waals surface area contributed by atoms with Gasteiger partial charge in [0.05, 0.1) is 18.2 Å². The third-order valence-corrected chi connectivity index (χ3v) is 7.08. The molecule has 3 heterocycles. The summed E-state index contributed by atoms with van der Waals surface area (Å²) in [5, 5.41) is 1.53. The first-order chi connectivity index (χ1) is 16.7. The number of hydrogen-bond acceptors (Lipinski definition) is 5. The molecule has 0 unspecified atom stereocenters. The minimum Gasteiger partial charge on any atom is -0.463 e. The molecule has 8 heteroatoms. The smallest absolute Gasteiger partial charge is 0.340 e. The maximum atomic E-state index is 13.4. The monoisotopic (exact) mass is 476 g/mol. The molecule has 0 aliphatic carbocycles. The van der Waals surface area contributed by atoms with Gasteiger partial charge in [0.25, 0.3) is 0 Å². The lowest BCUT2D eigenvalue weighted by Crippen LogP contribution is -2.42. The molecule has 5 rings (SSSR count). The number of carbonyl (C=O) groups excluding carboxylic acids is 2. The van der Waals surface area contributed by atoms with Crippen LogP contribution in [0.3, 0.4) is 0 Å². The molecule has 0 bridgehead atoms. The number of amides is 2. The van der Waals surface area contributed by atoms with Crippen LogP contribution in [0.1, 0.15) is 29.5 Å². The van der Waals surface area contributed by atoms with E-state index in [0.717, 1.165) is 21.9 Å². The van der Waals surface area contributed by atoms with Gasteiger partial charge in [-0.15, -0.1) is 0 Å². The Morgan fingerprint density at radius 2 is 1.74 bits per heavy atom. The van der Waals surface area contributed by atoms with Crippen molar-refractivity contribution < 1.29 is 22.8 Å². The van der Waals surface area contributed by atoms with Gasteiger partial charge in [-0.2, -0.15) is 0 Å². The van der Waals surface area contributed by atoms with Crippen molar-refractivity contribution >= 4 is 33.8 Å². The minimum absolute atomic E-state index is 0.0847. The first-order valence-electron chi connectivity index (χ1n) is 11.5. The lowest BCUT2D eigenvalue weighted by molar-refractivity contribution is -0.134. The van der Waals surface area contributed by atoms with Crippen molar-refractivity contribution in [3.63, 3.8) is 0 Å². The molecule has 2 N–H and O–H groups in total. The molecule has 1 fully saturated rings. The number of benzene rings is 2. The number of carbonyl (C=O) groups is 2. The number of likely N-dealkylation sites (tertiary alicyclic amines) is 1. The summed E-state index contributed by atoms with van der Waals surface area (Å²) in [4.78, 5) is 38.9. The number of piperidine rings is 1. The Bertz CT molecular complexity index is 1530. The van der Waals surface area contributed by atoms with Gasteiger partial charge in [0.15, 0.2) is 0 Å². The first kappa shape index (κ1) is 22.8. The molecule has 1 aliphatic rings. The Labute approximate surface area is 200 Å². The fourth-order valence-electron chi connectivity index (χ4n) is 4.93. The maximum absolute atomic E-state index is 13.4. The summed E-state index contributed by atoms with van der Waals surface area (Å²) in [7, 11) is 0. The summed E-state index contributed by atoms with van der Waals surface area (Å²) >= 11 is 0. The van der Waals surface area contributed by atoms with Crippen LogP contribution in [0.25, 0.3) is 33.1 Å². The number of hydrogen-bond donors (Lipinski definition) is 1. The molecule has 0 saturated carbocycles.